The van der Waals surface area contributed by atoms with Crippen molar-refractivity contribution in [3.8, 4) is 0 Å². The number of benzene rings is 1. The Morgan fingerprint density at radius 2 is 1.85 bits per heavy atom. The van der Waals surface area contributed by atoms with Crippen LogP contribution in [-0.2, 0) is 5.41 Å². The molecule has 0 N–H and O–H groups in total. The average molecular weight is 448 g/mol. The Morgan fingerprint density at radius 3 is 2.45 bits per heavy atom. The summed E-state index contributed by atoms with van der Waals surface area (Å²) in [5.41, 5.74) is 6.81. The number of fused-ring (bicyclic) bond motifs is 1. The molecule has 0 fully saturated rings. The Kier molecular flexibility index (Phi) is 7.66. The number of pyridine rings is 1. The van der Waals surface area contributed by atoms with Gasteiger partial charge in [0.05, 0.1) is 5.69 Å². The van der Waals surface area contributed by atoms with Gasteiger partial charge in [-0.3, -0.25) is 4.98 Å². The van der Waals surface area contributed by atoms with Crippen LogP contribution in [0.15, 0.2) is 47.7 Å². The van der Waals surface area contributed by atoms with Crippen LogP contribution in [0, 0.1) is 30.5 Å². The fraction of sp³-hybridized carbons (Fsp3) is 0.516. The zero-order valence-corrected chi connectivity index (χ0v) is 22.1. The van der Waals surface area contributed by atoms with Crippen LogP contribution in [0.2, 0.25) is 0 Å². The minimum Gasteiger partial charge on any atom is -0.256 e. The van der Waals surface area contributed by atoms with Gasteiger partial charge in [-0.2, -0.15) is 0 Å². The SMILES string of the molecule is CC1=CCC(CC=CC(C)C)C2=C1C(C)(C)c1cc(C)c(F)c3ccnc2c13.CCC(C)C. The molecule has 2 aliphatic rings. The van der Waals surface area contributed by atoms with Gasteiger partial charge in [0.15, 0.2) is 0 Å². The molecule has 0 spiro atoms. The molecule has 2 aromatic rings. The molecule has 1 aromatic carbocycles. The lowest BCUT2D eigenvalue weighted by molar-refractivity contribution is 0.586. The fourth-order valence-electron chi connectivity index (χ4n) is 5.14. The van der Waals surface area contributed by atoms with Crippen LogP contribution in [0.5, 0.6) is 0 Å². The van der Waals surface area contributed by atoms with E-state index in [9.17, 15) is 4.39 Å². The summed E-state index contributed by atoms with van der Waals surface area (Å²) < 4.78 is 15.0. The van der Waals surface area contributed by atoms with Gasteiger partial charge in [-0.15, -0.1) is 0 Å². The minimum atomic E-state index is -0.164. The fourth-order valence-corrected chi connectivity index (χ4v) is 5.14. The number of aromatic nitrogens is 1. The van der Waals surface area contributed by atoms with E-state index in [-0.39, 0.29) is 11.2 Å². The van der Waals surface area contributed by atoms with Crippen molar-refractivity contribution in [2.75, 3.05) is 0 Å². The monoisotopic (exact) mass is 447 g/mol. The first-order valence-corrected chi connectivity index (χ1v) is 12.7. The Bertz CT molecular complexity index is 1110. The molecule has 0 aliphatic heterocycles. The Hall–Kier alpha value is -2.22. The molecule has 0 amide bonds. The maximum atomic E-state index is 15.0. The van der Waals surface area contributed by atoms with Crippen LogP contribution < -0.4 is 0 Å². The van der Waals surface area contributed by atoms with Crippen molar-refractivity contribution in [2.24, 2.45) is 17.8 Å². The van der Waals surface area contributed by atoms with Crippen LogP contribution in [0.4, 0.5) is 4.39 Å². The summed E-state index contributed by atoms with van der Waals surface area (Å²) in [7, 11) is 0. The predicted octanol–water partition coefficient (Wildman–Crippen LogP) is 9.35. The molecule has 1 nitrogen and oxygen atoms in total. The summed E-state index contributed by atoms with van der Waals surface area (Å²) >= 11 is 0. The van der Waals surface area contributed by atoms with E-state index >= 15 is 0 Å². The summed E-state index contributed by atoms with van der Waals surface area (Å²) in [5.74, 6) is 1.72. The zero-order chi connectivity index (χ0) is 24.5. The molecule has 4 rings (SSSR count). The standard InChI is InChI=1S/C26H30FN.C5H12/c1-15(2)8-7-9-18-11-10-16(3)23-21(18)25-22-19(12-13-28-25)24(27)17(4)14-20(22)26(23,5)6;1-4-5(2)3/h7-8,10,12-15,18H,9,11H2,1-6H3;5H,4H2,1-3H3. The normalized spacial score (nSPS) is 19.2. The van der Waals surface area contributed by atoms with Gasteiger partial charge in [-0.1, -0.05) is 84.8 Å². The van der Waals surface area contributed by atoms with Crippen LogP contribution >= 0.6 is 0 Å². The molecule has 1 aromatic heterocycles. The number of halogens is 1. The second-order valence-corrected chi connectivity index (χ2v) is 11.1. The van der Waals surface area contributed by atoms with Gasteiger partial charge in [-0.25, -0.2) is 4.39 Å². The van der Waals surface area contributed by atoms with E-state index in [1.807, 2.05) is 19.1 Å². The summed E-state index contributed by atoms with van der Waals surface area (Å²) in [5, 5.41) is 1.73. The van der Waals surface area contributed by atoms with E-state index in [1.54, 1.807) is 6.20 Å². The maximum absolute atomic E-state index is 15.0. The highest BCUT2D eigenvalue weighted by atomic mass is 19.1. The lowest BCUT2D eigenvalue weighted by Crippen LogP contribution is -2.30. The van der Waals surface area contributed by atoms with Gasteiger partial charge in [0.2, 0.25) is 0 Å². The average Bonchev–Trinajstić information content (AvgIpc) is 2.75. The number of hydrogen-bond donors (Lipinski definition) is 0. The highest BCUT2D eigenvalue weighted by Gasteiger charge is 2.40. The second-order valence-electron chi connectivity index (χ2n) is 11.1. The zero-order valence-electron chi connectivity index (χ0n) is 22.1. The van der Waals surface area contributed by atoms with Crippen LogP contribution in [0.25, 0.3) is 16.3 Å². The molecule has 2 heteroatoms. The summed E-state index contributed by atoms with van der Waals surface area (Å²) in [6.45, 7) is 19.7. The van der Waals surface area contributed by atoms with E-state index < -0.39 is 0 Å². The number of hydrogen-bond acceptors (Lipinski definition) is 1. The van der Waals surface area contributed by atoms with E-state index in [2.05, 4.69) is 73.6 Å². The second kappa shape index (κ2) is 9.95. The molecule has 1 heterocycles. The van der Waals surface area contributed by atoms with Crippen LogP contribution in [0.1, 0.15) is 91.5 Å². The summed E-state index contributed by atoms with van der Waals surface area (Å²) in [6.07, 6.45) is 12.1. The van der Waals surface area contributed by atoms with Crippen molar-refractivity contribution < 1.29 is 4.39 Å². The smallest absolute Gasteiger partial charge is 0.134 e. The van der Waals surface area contributed by atoms with Crippen molar-refractivity contribution in [3.05, 3.63) is 70.3 Å². The number of nitrogens with zero attached hydrogens (tertiary/aromatic N) is 1. The quantitative estimate of drug-likeness (QED) is 0.425. The Labute approximate surface area is 200 Å². The van der Waals surface area contributed by atoms with Gasteiger partial charge < -0.3 is 0 Å². The van der Waals surface area contributed by atoms with Crippen LogP contribution in [0.3, 0.4) is 0 Å². The first-order valence-electron chi connectivity index (χ1n) is 12.7. The van der Waals surface area contributed by atoms with Gasteiger partial charge >= 0.3 is 0 Å². The lowest BCUT2D eigenvalue weighted by Gasteiger charge is -2.41. The molecular formula is C31H42FN. The van der Waals surface area contributed by atoms with Crippen molar-refractivity contribution >= 4 is 16.3 Å². The third kappa shape index (κ3) is 4.86. The molecule has 178 valence electrons. The number of rotatable bonds is 4. The Balaban J connectivity index is 0.000000555. The van der Waals surface area contributed by atoms with Crippen LogP contribution in [-0.4, -0.2) is 4.98 Å². The summed E-state index contributed by atoms with van der Waals surface area (Å²) in [6, 6.07) is 3.88. The molecule has 2 aliphatic carbocycles. The van der Waals surface area contributed by atoms with Gasteiger partial charge in [0, 0.05) is 22.4 Å². The first kappa shape index (κ1) is 25.4. The van der Waals surface area contributed by atoms with Crippen molar-refractivity contribution in [3.63, 3.8) is 0 Å². The molecule has 0 bridgehead atoms. The van der Waals surface area contributed by atoms with Crippen molar-refractivity contribution in [1.29, 1.82) is 0 Å². The van der Waals surface area contributed by atoms with E-state index in [0.29, 0.717) is 22.8 Å². The Morgan fingerprint density at radius 1 is 1.18 bits per heavy atom. The lowest BCUT2D eigenvalue weighted by atomic mass is 9.62. The predicted molar refractivity (Wildman–Crippen MR) is 142 cm³/mol. The number of allylic oxidation sites excluding steroid dienone is 6. The highest BCUT2D eigenvalue weighted by Crippen LogP contribution is 2.53. The topological polar surface area (TPSA) is 12.9 Å². The van der Waals surface area contributed by atoms with Crippen molar-refractivity contribution in [1.82, 2.24) is 4.98 Å². The third-order valence-corrected chi connectivity index (χ3v) is 7.26. The van der Waals surface area contributed by atoms with E-state index in [0.717, 1.165) is 29.8 Å². The third-order valence-electron chi connectivity index (χ3n) is 7.26. The molecule has 1 atom stereocenters. The van der Waals surface area contributed by atoms with E-state index in [1.165, 1.54) is 28.7 Å². The largest absolute Gasteiger partial charge is 0.256 e. The summed E-state index contributed by atoms with van der Waals surface area (Å²) in [4.78, 5) is 4.81. The maximum Gasteiger partial charge on any atom is 0.134 e. The van der Waals surface area contributed by atoms with Gasteiger partial charge in [0.25, 0.3) is 0 Å². The van der Waals surface area contributed by atoms with E-state index in [4.69, 9.17) is 4.98 Å². The van der Waals surface area contributed by atoms with Crippen molar-refractivity contribution in [2.45, 2.75) is 87.0 Å². The van der Waals surface area contributed by atoms with Gasteiger partial charge in [-0.05, 0) is 72.8 Å². The molecule has 33 heavy (non-hydrogen) atoms. The molecule has 0 saturated carbocycles. The number of aryl methyl sites for hydroxylation is 1. The highest BCUT2D eigenvalue weighted by molar-refractivity contribution is 6.01. The minimum absolute atomic E-state index is 0.110. The molecule has 1 unspecified atom stereocenters. The molecule has 0 saturated heterocycles. The molecule has 0 radical (unpaired) electrons. The molecular weight excluding hydrogens is 405 g/mol. The van der Waals surface area contributed by atoms with Gasteiger partial charge in [0.1, 0.15) is 5.82 Å². The first-order chi connectivity index (χ1) is 15.5.